The molecule has 34 heavy (non-hydrogen) atoms. The summed E-state index contributed by atoms with van der Waals surface area (Å²) in [4.78, 5) is 35.3. The first-order valence-corrected chi connectivity index (χ1v) is 12.4. The van der Waals surface area contributed by atoms with Crippen LogP contribution in [0.5, 0.6) is 5.75 Å². The number of piperazine rings is 1. The summed E-state index contributed by atoms with van der Waals surface area (Å²) in [5.74, 6) is 0.750. The number of hydrogen-bond donors (Lipinski definition) is 1. The van der Waals surface area contributed by atoms with E-state index >= 15 is 0 Å². The average Bonchev–Trinajstić information content (AvgIpc) is 3.64. The monoisotopic (exact) mass is 479 g/mol. The molecule has 3 aliphatic heterocycles. The highest BCUT2D eigenvalue weighted by atomic mass is 32.1. The molecule has 0 bridgehead atoms. The van der Waals surface area contributed by atoms with Gasteiger partial charge in [0, 0.05) is 61.4 Å². The molecule has 176 valence electrons. The molecule has 0 aliphatic carbocycles. The predicted octanol–water partition coefficient (Wildman–Crippen LogP) is 2.60. The molecule has 0 saturated carbocycles. The Balaban J connectivity index is 1.19. The first-order chi connectivity index (χ1) is 16.7. The van der Waals surface area contributed by atoms with Gasteiger partial charge in [-0.25, -0.2) is 4.98 Å². The van der Waals surface area contributed by atoms with E-state index in [1.165, 1.54) is 11.3 Å². The molecule has 2 amide bonds. The van der Waals surface area contributed by atoms with Gasteiger partial charge in [-0.05, 0) is 30.5 Å². The summed E-state index contributed by atoms with van der Waals surface area (Å²) in [5.41, 5.74) is 3.73. The van der Waals surface area contributed by atoms with Gasteiger partial charge in [-0.1, -0.05) is 6.07 Å². The van der Waals surface area contributed by atoms with E-state index in [1.54, 1.807) is 11.1 Å². The van der Waals surface area contributed by atoms with Gasteiger partial charge < -0.3 is 19.3 Å². The molecule has 10 heteroatoms. The Morgan fingerprint density at radius 2 is 1.94 bits per heavy atom. The fourth-order valence-electron chi connectivity index (χ4n) is 4.74. The third-order valence-electron chi connectivity index (χ3n) is 6.62. The Bertz CT molecular complexity index is 1210. The van der Waals surface area contributed by atoms with Gasteiger partial charge in [0.05, 0.1) is 18.5 Å². The second kappa shape index (κ2) is 8.84. The number of hydrogen-bond acceptors (Lipinski definition) is 7. The maximum Gasteiger partial charge on any atom is 0.282 e. The molecule has 1 atom stereocenters. The number of aromatic amines is 1. The Hall–Kier alpha value is -3.24. The molecule has 2 saturated heterocycles. The smallest absolute Gasteiger partial charge is 0.282 e. The lowest BCUT2D eigenvalue weighted by molar-refractivity contribution is -0.142. The molecule has 1 unspecified atom stereocenters. The first-order valence-electron chi connectivity index (χ1n) is 11.6. The maximum atomic E-state index is 13.3. The standard InChI is InChI=1S/C24H25N5O4S/c30-23(18-2-1-10-32-18)28-6-8-29(9-7-28)24(31)22-27-21-17-4-3-15(16-13-25-26-14-16)12-19(17)33-11-5-20(21)34-22/h3-4,12-14,18H,1-2,5-11H2,(H,25,26). The van der Waals surface area contributed by atoms with E-state index in [1.807, 2.05) is 29.3 Å². The molecule has 0 spiro atoms. The van der Waals surface area contributed by atoms with Crippen molar-refractivity contribution in [1.29, 1.82) is 0 Å². The van der Waals surface area contributed by atoms with Crippen molar-refractivity contribution in [1.82, 2.24) is 25.0 Å². The second-order valence-electron chi connectivity index (χ2n) is 8.71. The molecule has 2 fully saturated rings. The Kier molecular flexibility index (Phi) is 5.54. The zero-order valence-electron chi connectivity index (χ0n) is 18.7. The number of thiazole rings is 1. The number of nitrogens with one attached hydrogen (secondary N) is 1. The molecule has 0 radical (unpaired) electrons. The van der Waals surface area contributed by atoms with E-state index in [0.717, 1.165) is 45.9 Å². The molecule has 1 N–H and O–H groups in total. The van der Waals surface area contributed by atoms with E-state index in [2.05, 4.69) is 10.2 Å². The van der Waals surface area contributed by atoms with Crippen molar-refractivity contribution in [3.05, 3.63) is 40.5 Å². The summed E-state index contributed by atoms with van der Waals surface area (Å²) >= 11 is 1.45. The molecule has 6 rings (SSSR count). The van der Waals surface area contributed by atoms with Gasteiger partial charge >= 0.3 is 0 Å². The summed E-state index contributed by atoms with van der Waals surface area (Å²) in [7, 11) is 0. The van der Waals surface area contributed by atoms with Crippen molar-refractivity contribution < 1.29 is 19.1 Å². The number of carbonyl (C=O) groups is 2. The van der Waals surface area contributed by atoms with E-state index < -0.39 is 0 Å². The van der Waals surface area contributed by atoms with Crippen molar-refractivity contribution >= 4 is 23.2 Å². The number of H-pyrrole nitrogens is 1. The molecule has 1 aromatic carbocycles. The highest BCUT2D eigenvalue weighted by Crippen LogP contribution is 2.39. The van der Waals surface area contributed by atoms with Crippen LogP contribution < -0.4 is 4.74 Å². The lowest BCUT2D eigenvalue weighted by Gasteiger charge is -2.35. The molecule has 9 nitrogen and oxygen atoms in total. The summed E-state index contributed by atoms with van der Waals surface area (Å²) in [6, 6.07) is 6.03. The van der Waals surface area contributed by atoms with Crippen LogP contribution in [0.3, 0.4) is 0 Å². The molecule has 5 heterocycles. The van der Waals surface area contributed by atoms with Gasteiger partial charge in [-0.3, -0.25) is 14.7 Å². The lowest BCUT2D eigenvalue weighted by atomic mass is 10.0. The number of benzene rings is 1. The van der Waals surface area contributed by atoms with E-state index in [-0.39, 0.29) is 17.9 Å². The number of rotatable bonds is 3. The minimum atomic E-state index is -0.312. The first kappa shape index (κ1) is 21.3. The summed E-state index contributed by atoms with van der Waals surface area (Å²) in [5, 5.41) is 7.35. The third-order valence-corrected chi connectivity index (χ3v) is 7.72. The van der Waals surface area contributed by atoms with E-state index in [9.17, 15) is 9.59 Å². The fourth-order valence-corrected chi connectivity index (χ4v) is 5.77. The fraction of sp³-hybridized carbons (Fsp3) is 0.417. The minimum absolute atomic E-state index is 0.0527. The third kappa shape index (κ3) is 3.86. The number of aromatic nitrogens is 3. The van der Waals surface area contributed by atoms with E-state index in [4.69, 9.17) is 14.5 Å². The topological polar surface area (TPSA) is 101 Å². The Labute approximate surface area is 200 Å². The van der Waals surface area contributed by atoms with Crippen molar-refractivity contribution in [3.8, 4) is 28.1 Å². The molecule has 2 aromatic heterocycles. The zero-order valence-corrected chi connectivity index (χ0v) is 19.5. The van der Waals surface area contributed by atoms with Crippen LogP contribution in [0.2, 0.25) is 0 Å². The van der Waals surface area contributed by atoms with Gasteiger partial charge in [-0.2, -0.15) is 5.10 Å². The summed E-state index contributed by atoms with van der Waals surface area (Å²) in [6.45, 7) is 3.27. The van der Waals surface area contributed by atoms with Crippen LogP contribution in [0, 0.1) is 0 Å². The minimum Gasteiger partial charge on any atom is -0.492 e. The summed E-state index contributed by atoms with van der Waals surface area (Å²) < 4.78 is 11.5. The average molecular weight is 480 g/mol. The second-order valence-corrected chi connectivity index (χ2v) is 9.79. The van der Waals surface area contributed by atoms with Gasteiger partial charge in [0.1, 0.15) is 11.9 Å². The zero-order chi connectivity index (χ0) is 23.1. The highest BCUT2D eigenvalue weighted by Gasteiger charge is 2.33. The van der Waals surface area contributed by atoms with Gasteiger partial charge in [0.15, 0.2) is 5.01 Å². The Morgan fingerprint density at radius 1 is 1.09 bits per heavy atom. The molecule has 3 aromatic rings. The lowest BCUT2D eigenvalue weighted by Crippen LogP contribution is -2.52. The van der Waals surface area contributed by atoms with Gasteiger partial charge in [0.2, 0.25) is 0 Å². The number of nitrogens with zero attached hydrogens (tertiary/aromatic N) is 4. The largest absolute Gasteiger partial charge is 0.492 e. The molecular formula is C24H25N5O4S. The van der Waals surface area contributed by atoms with Gasteiger partial charge in [-0.15, -0.1) is 11.3 Å². The van der Waals surface area contributed by atoms with Crippen molar-refractivity contribution in [3.63, 3.8) is 0 Å². The van der Waals surface area contributed by atoms with Crippen molar-refractivity contribution in [2.24, 2.45) is 0 Å². The van der Waals surface area contributed by atoms with Crippen LogP contribution >= 0.6 is 11.3 Å². The summed E-state index contributed by atoms with van der Waals surface area (Å²) in [6.07, 6.45) is 5.74. The van der Waals surface area contributed by atoms with Crippen LogP contribution in [0.4, 0.5) is 0 Å². The van der Waals surface area contributed by atoms with Crippen LogP contribution in [0.15, 0.2) is 30.6 Å². The van der Waals surface area contributed by atoms with Gasteiger partial charge in [0.25, 0.3) is 11.8 Å². The van der Waals surface area contributed by atoms with Crippen LogP contribution in [0.1, 0.15) is 27.5 Å². The predicted molar refractivity (Wildman–Crippen MR) is 126 cm³/mol. The SMILES string of the molecule is O=C(c1nc2c(s1)CCOc1cc(-c3cn[nH]c3)ccc1-2)N1CCN(C(=O)C2CCCO2)CC1. The number of carbonyl (C=O) groups excluding carboxylic acids is 2. The van der Waals surface area contributed by atoms with Crippen LogP contribution in [0.25, 0.3) is 22.4 Å². The number of fused-ring (bicyclic) bond motifs is 3. The molecule has 3 aliphatic rings. The molecular weight excluding hydrogens is 454 g/mol. The number of amides is 2. The van der Waals surface area contributed by atoms with E-state index in [0.29, 0.717) is 50.8 Å². The number of ether oxygens (including phenoxy) is 2. The quantitative estimate of drug-likeness (QED) is 0.620. The Morgan fingerprint density at radius 3 is 2.71 bits per heavy atom. The normalized spacial score (nSPS) is 19.8. The van der Waals surface area contributed by atoms with Crippen molar-refractivity contribution in [2.75, 3.05) is 39.4 Å². The highest BCUT2D eigenvalue weighted by molar-refractivity contribution is 7.14. The van der Waals surface area contributed by atoms with Crippen LogP contribution in [-0.4, -0.2) is 82.3 Å². The maximum absolute atomic E-state index is 13.3. The van der Waals surface area contributed by atoms with Crippen molar-refractivity contribution in [2.45, 2.75) is 25.4 Å². The van der Waals surface area contributed by atoms with Crippen LogP contribution in [-0.2, 0) is 16.0 Å².